The molecule has 4 N–H and O–H groups in total. The third-order valence-electron chi connectivity index (χ3n) is 3.51. The van der Waals surface area contributed by atoms with Crippen LogP contribution < -0.4 is 15.8 Å². The quantitative estimate of drug-likeness (QED) is 0.726. The van der Waals surface area contributed by atoms with E-state index < -0.39 is 10.0 Å². The number of anilines is 1. The summed E-state index contributed by atoms with van der Waals surface area (Å²) >= 11 is 2.46. The smallest absolute Gasteiger partial charge is 0.251 e. The number of hydrogen-bond acceptors (Lipinski definition) is 6. The molecule has 0 bridgehead atoms. The van der Waals surface area contributed by atoms with Crippen molar-refractivity contribution in [3.63, 3.8) is 0 Å². The number of nitrogens with two attached hydrogens (primary N) is 1. The number of rotatable bonds is 4. The Kier molecular flexibility index (Phi) is 4.87. The number of hydrogen-bond donors (Lipinski definition) is 3. The third-order valence-corrected chi connectivity index (χ3v) is 7.21. The molecule has 7 nitrogen and oxygen atoms in total. The molecule has 0 fully saturated rings. The van der Waals surface area contributed by atoms with E-state index in [9.17, 15) is 18.0 Å². The Bertz CT molecular complexity index is 953. The number of nitrogens with one attached hydrogen (secondary N) is 2. The van der Waals surface area contributed by atoms with Gasteiger partial charge in [0.2, 0.25) is 15.9 Å². The first-order valence-corrected chi connectivity index (χ1v) is 10.5. The molecule has 0 saturated carbocycles. The van der Waals surface area contributed by atoms with E-state index in [-0.39, 0.29) is 27.8 Å². The summed E-state index contributed by atoms with van der Waals surface area (Å²) in [6.07, 6.45) is 0. The SMILES string of the molecule is CC1Sc2ccc(C(=O)NCc3ccc(S(N)(=O)=O)s3)cc2NC1=O. The maximum absolute atomic E-state index is 12.3. The van der Waals surface area contributed by atoms with Crippen molar-refractivity contribution < 1.29 is 18.0 Å². The van der Waals surface area contributed by atoms with Gasteiger partial charge < -0.3 is 10.6 Å². The topological polar surface area (TPSA) is 118 Å². The van der Waals surface area contributed by atoms with Crippen LogP contribution in [-0.4, -0.2) is 25.5 Å². The van der Waals surface area contributed by atoms with E-state index in [1.54, 1.807) is 24.3 Å². The molecule has 1 aromatic heterocycles. The van der Waals surface area contributed by atoms with Gasteiger partial charge in [-0.2, -0.15) is 0 Å². The summed E-state index contributed by atoms with van der Waals surface area (Å²) in [5.41, 5.74) is 1.03. The predicted molar refractivity (Wildman–Crippen MR) is 97.3 cm³/mol. The minimum absolute atomic E-state index is 0.0550. The second-order valence-corrected chi connectivity index (χ2v) is 9.75. The normalized spacial score (nSPS) is 16.9. The van der Waals surface area contributed by atoms with Crippen LogP contribution in [0, 0.1) is 0 Å². The zero-order chi connectivity index (χ0) is 18.2. The highest BCUT2D eigenvalue weighted by Gasteiger charge is 2.23. The van der Waals surface area contributed by atoms with Crippen LogP contribution in [0.4, 0.5) is 5.69 Å². The van der Waals surface area contributed by atoms with Gasteiger partial charge in [-0.1, -0.05) is 0 Å². The van der Waals surface area contributed by atoms with Gasteiger partial charge in [0.05, 0.1) is 17.5 Å². The first kappa shape index (κ1) is 17.9. The van der Waals surface area contributed by atoms with Gasteiger partial charge >= 0.3 is 0 Å². The molecule has 2 aromatic rings. The zero-order valence-electron chi connectivity index (χ0n) is 13.1. The molecule has 2 amide bonds. The molecule has 1 atom stereocenters. The van der Waals surface area contributed by atoms with E-state index in [2.05, 4.69) is 10.6 Å². The molecule has 10 heteroatoms. The first-order valence-electron chi connectivity index (χ1n) is 7.25. The minimum atomic E-state index is -3.73. The Hall–Kier alpha value is -1.88. The van der Waals surface area contributed by atoms with Crippen molar-refractivity contribution in [1.29, 1.82) is 0 Å². The van der Waals surface area contributed by atoms with Crippen molar-refractivity contribution in [3.05, 3.63) is 40.8 Å². The van der Waals surface area contributed by atoms with Gasteiger partial charge in [-0.3, -0.25) is 9.59 Å². The molecule has 132 valence electrons. The average molecular weight is 398 g/mol. The van der Waals surface area contributed by atoms with Crippen molar-refractivity contribution in [2.45, 2.75) is 27.8 Å². The summed E-state index contributed by atoms with van der Waals surface area (Å²) in [7, 11) is -3.73. The highest BCUT2D eigenvalue weighted by molar-refractivity contribution is 8.01. The third kappa shape index (κ3) is 4.03. The highest BCUT2D eigenvalue weighted by Crippen LogP contribution is 2.35. The van der Waals surface area contributed by atoms with Gasteiger partial charge in [-0.15, -0.1) is 23.1 Å². The van der Waals surface area contributed by atoms with Crippen molar-refractivity contribution in [1.82, 2.24) is 5.32 Å². The van der Waals surface area contributed by atoms with Crippen LogP contribution >= 0.6 is 23.1 Å². The van der Waals surface area contributed by atoms with Crippen LogP contribution in [0.5, 0.6) is 0 Å². The zero-order valence-corrected chi connectivity index (χ0v) is 15.6. The van der Waals surface area contributed by atoms with Gasteiger partial charge in [-0.05, 0) is 37.3 Å². The van der Waals surface area contributed by atoms with E-state index in [4.69, 9.17) is 5.14 Å². The van der Waals surface area contributed by atoms with Crippen molar-refractivity contribution in [2.75, 3.05) is 5.32 Å². The summed E-state index contributed by atoms with van der Waals surface area (Å²) in [5, 5.41) is 10.4. The molecular weight excluding hydrogens is 382 g/mol. The lowest BCUT2D eigenvalue weighted by atomic mass is 10.1. The maximum atomic E-state index is 12.3. The molecule has 2 heterocycles. The van der Waals surface area contributed by atoms with Crippen molar-refractivity contribution in [3.8, 4) is 0 Å². The molecule has 0 saturated heterocycles. The second-order valence-electron chi connectivity index (χ2n) is 5.41. The van der Waals surface area contributed by atoms with Crippen LogP contribution in [-0.2, 0) is 21.4 Å². The fraction of sp³-hybridized carbons (Fsp3) is 0.200. The molecule has 25 heavy (non-hydrogen) atoms. The van der Waals surface area contributed by atoms with Crippen LogP contribution in [0.2, 0.25) is 0 Å². The van der Waals surface area contributed by atoms with Gasteiger partial charge in [0, 0.05) is 15.3 Å². The number of primary sulfonamides is 1. The fourth-order valence-corrected chi connectivity index (χ4v) is 4.87. The summed E-state index contributed by atoms with van der Waals surface area (Å²) in [6, 6.07) is 8.14. The average Bonchev–Trinajstić information content (AvgIpc) is 3.02. The van der Waals surface area contributed by atoms with Crippen molar-refractivity contribution >= 4 is 50.6 Å². The van der Waals surface area contributed by atoms with Crippen LogP contribution in [0.1, 0.15) is 22.2 Å². The first-order chi connectivity index (χ1) is 11.7. The van der Waals surface area contributed by atoms with Gasteiger partial charge in [0.25, 0.3) is 5.91 Å². The Labute approximate surface area is 153 Å². The van der Waals surface area contributed by atoms with E-state index >= 15 is 0 Å². The summed E-state index contributed by atoms with van der Waals surface area (Å²) in [6.45, 7) is 2.01. The number of carbonyl (C=O) groups is 2. The molecule has 1 aliphatic rings. The molecule has 1 unspecified atom stereocenters. The number of fused-ring (bicyclic) bond motifs is 1. The number of sulfonamides is 1. The van der Waals surface area contributed by atoms with E-state index in [0.29, 0.717) is 16.1 Å². The van der Waals surface area contributed by atoms with Crippen LogP contribution in [0.3, 0.4) is 0 Å². The Balaban J connectivity index is 1.69. The summed E-state index contributed by atoms with van der Waals surface area (Å²) < 4.78 is 22.6. The van der Waals surface area contributed by atoms with Crippen molar-refractivity contribution in [2.24, 2.45) is 5.14 Å². The second kappa shape index (κ2) is 6.79. The summed E-state index contributed by atoms with van der Waals surface area (Å²) in [5.74, 6) is -0.407. The number of carbonyl (C=O) groups excluding carboxylic acids is 2. The van der Waals surface area contributed by atoms with E-state index in [1.807, 2.05) is 6.92 Å². The fourth-order valence-electron chi connectivity index (χ4n) is 2.23. The molecule has 1 aliphatic heterocycles. The lowest BCUT2D eigenvalue weighted by Crippen LogP contribution is -2.27. The van der Waals surface area contributed by atoms with Crippen LogP contribution in [0.25, 0.3) is 0 Å². The number of thiophene rings is 1. The predicted octanol–water partition coefficient (Wildman–Crippen LogP) is 1.76. The molecule has 0 spiro atoms. The lowest BCUT2D eigenvalue weighted by Gasteiger charge is -2.21. The maximum Gasteiger partial charge on any atom is 0.251 e. The Morgan fingerprint density at radius 2 is 2.08 bits per heavy atom. The summed E-state index contributed by atoms with van der Waals surface area (Å²) in [4.78, 5) is 25.6. The van der Waals surface area contributed by atoms with E-state index in [0.717, 1.165) is 16.2 Å². The molecule has 0 radical (unpaired) electrons. The highest BCUT2D eigenvalue weighted by atomic mass is 32.2. The van der Waals surface area contributed by atoms with E-state index in [1.165, 1.54) is 17.8 Å². The standard InChI is InChI=1S/C15H15N3O4S3/c1-8-14(19)18-11-6-9(2-4-12(11)23-8)15(20)17-7-10-3-5-13(24-10)25(16,21)22/h2-6,8H,7H2,1H3,(H,17,20)(H,18,19)(H2,16,21,22). The van der Waals surface area contributed by atoms with Gasteiger partial charge in [0.15, 0.2) is 0 Å². The lowest BCUT2D eigenvalue weighted by molar-refractivity contribution is -0.115. The van der Waals surface area contributed by atoms with Gasteiger partial charge in [-0.25, -0.2) is 13.6 Å². The number of benzene rings is 1. The molecule has 0 aliphatic carbocycles. The Morgan fingerprint density at radius 3 is 2.76 bits per heavy atom. The Morgan fingerprint density at radius 1 is 1.32 bits per heavy atom. The molecular formula is C15H15N3O4S3. The number of amides is 2. The monoisotopic (exact) mass is 397 g/mol. The molecule has 1 aromatic carbocycles. The molecule has 3 rings (SSSR count). The minimum Gasteiger partial charge on any atom is -0.347 e. The van der Waals surface area contributed by atoms with Crippen LogP contribution in [0.15, 0.2) is 39.4 Å². The van der Waals surface area contributed by atoms with Gasteiger partial charge in [0.1, 0.15) is 4.21 Å². The number of thioether (sulfide) groups is 1. The largest absolute Gasteiger partial charge is 0.347 e.